The Hall–Kier alpha value is -1.20. The molecular formula is C14H21NO3S. The lowest BCUT2D eigenvalue weighted by Crippen LogP contribution is -2.37. The Morgan fingerprint density at radius 2 is 2.16 bits per heavy atom. The summed E-state index contributed by atoms with van der Waals surface area (Å²) in [4.78, 5) is 13.3. The molecule has 0 spiro atoms. The van der Waals surface area contributed by atoms with E-state index < -0.39 is 0 Å². The van der Waals surface area contributed by atoms with Gasteiger partial charge in [0.2, 0.25) is 0 Å². The van der Waals surface area contributed by atoms with E-state index in [2.05, 4.69) is 5.32 Å². The van der Waals surface area contributed by atoms with Crippen LogP contribution in [0, 0.1) is 0 Å². The lowest BCUT2D eigenvalue weighted by atomic mass is 10.1. The van der Waals surface area contributed by atoms with Crippen molar-refractivity contribution in [1.82, 2.24) is 5.32 Å². The molecule has 0 radical (unpaired) electrons. The predicted octanol–water partition coefficient (Wildman–Crippen LogP) is 2.57. The third-order valence-corrected chi connectivity index (χ3v) is 3.57. The Kier molecular flexibility index (Phi) is 6.73. The summed E-state index contributed by atoms with van der Waals surface area (Å²) in [5.74, 6) is 0.463. The van der Waals surface area contributed by atoms with Gasteiger partial charge in [-0.05, 0) is 30.9 Å². The Morgan fingerprint density at radius 1 is 1.42 bits per heavy atom. The Bertz CT molecular complexity index is 423. The maximum atomic E-state index is 12.2. The summed E-state index contributed by atoms with van der Waals surface area (Å²) >= 11 is 1.61. The van der Waals surface area contributed by atoms with Gasteiger partial charge in [-0.25, -0.2) is 0 Å². The molecule has 0 aliphatic carbocycles. The van der Waals surface area contributed by atoms with Gasteiger partial charge in [0, 0.05) is 12.0 Å². The number of amides is 1. The van der Waals surface area contributed by atoms with E-state index in [1.165, 1.54) is 0 Å². The van der Waals surface area contributed by atoms with Crippen LogP contribution in [0.1, 0.15) is 23.7 Å². The maximum absolute atomic E-state index is 12.2. The summed E-state index contributed by atoms with van der Waals surface area (Å²) in [6, 6.07) is 5.60. The highest BCUT2D eigenvalue weighted by atomic mass is 32.2. The molecule has 1 rings (SSSR count). The van der Waals surface area contributed by atoms with Crippen molar-refractivity contribution >= 4 is 17.7 Å². The van der Waals surface area contributed by atoms with Crippen molar-refractivity contribution in [2.75, 3.05) is 27.1 Å². The van der Waals surface area contributed by atoms with Crippen molar-refractivity contribution in [3.63, 3.8) is 0 Å². The second-order valence-electron chi connectivity index (χ2n) is 4.10. The van der Waals surface area contributed by atoms with E-state index in [0.717, 1.165) is 11.3 Å². The zero-order valence-corrected chi connectivity index (χ0v) is 12.7. The summed E-state index contributed by atoms with van der Waals surface area (Å²) in [6.45, 7) is 2.52. The van der Waals surface area contributed by atoms with Gasteiger partial charge >= 0.3 is 0 Å². The Balaban J connectivity index is 2.86. The number of carbonyl (C=O) groups excluding carboxylic acids is 1. The van der Waals surface area contributed by atoms with Crippen LogP contribution < -0.4 is 10.1 Å². The quantitative estimate of drug-likeness (QED) is 0.781. The van der Waals surface area contributed by atoms with Crippen LogP contribution in [0.25, 0.3) is 0 Å². The highest BCUT2D eigenvalue weighted by Gasteiger charge is 2.16. The van der Waals surface area contributed by atoms with Crippen LogP contribution in [0.4, 0.5) is 0 Å². The monoisotopic (exact) mass is 283 g/mol. The number of hydrogen-bond acceptors (Lipinski definition) is 4. The van der Waals surface area contributed by atoms with Gasteiger partial charge in [-0.3, -0.25) is 4.79 Å². The highest BCUT2D eigenvalue weighted by Crippen LogP contribution is 2.25. The molecule has 19 heavy (non-hydrogen) atoms. The molecule has 5 heteroatoms. The van der Waals surface area contributed by atoms with Crippen LogP contribution >= 0.6 is 11.8 Å². The van der Waals surface area contributed by atoms with E-state index >= 15 is 0 Å². The van der Waals surface area contributed by atoms with Gasteiger partial charge in [0.1, 0.15) is 5.75 Å². The smallest absolute Gasteiger partial charge is 0.255 e. The maximum Gasteiger partial charge on any atom is 0.255 e. The highest BCUT2D eigenvalue weighted by molar-refractivity contribution is 7.98. The average molecular weight is 283 g/mol. The standard InChI is InChI=1S/C14H21NO3S/c1-5-10(9-17-2)15-14(16)12-7-6-11(19-4)8-13(12)18-3/h6-8,10H,5,9H2,1-4H3,(H,15,16). The molecule has 0 saturated heterocycles. The van der Waals surface area contributed by atoms with Gasteiger partial charge < -0.3 is 14.8 Å². The number of rotatable bonds is 7. The number of hydrogen-bond donors (Lipinski definition) is 1. The van der Waals surface area contributed by atoms with E-state index in [-0.39, 0.29) is 11.9 Å². The van der Waals surface area contributed by atoms with Crippen molar-refractivity contribution in [1.29, 1.82) is 0 Å². The summed E-state index contributed by atoms with van der Waals surface area (Å²) in [7, 11) is 3.20. The molecule has 0 heterocycles. The zero-order valence-electron chi connectivity index (χ0n) is 11.9. The fraction of sp³-hybridized carbons (Fsp3) is 0.500. The van der Waals surface area contributed by atoms with Crippen LogP contribution in [0.5, 0.6) is 5.75 Å². The first-order valence-corrected chi connectivity index (χ1v) is 7.40. The first-order chi connectivity index (χ1) is 9.15. The molecule has 4 nitrogen and oxygen atoms in total. The van der Waals surface area contributed by atoms with Gasteiger partial charge in [-0.15, -0.1) is 11.8 Å². The minimum Gasteiger partial charge on any atom is -0.496 e. The Morgan fingerprint density at radius 3 is 2.68 bits per heavy atom. The molecule has 106 valence electrons. The zero-order chi connectivity index (χ0) is 14.3. The molecule has 1 aromatic rings. The minimum atomic E-state index is -0.131. The second-order valence-corrected chi connectivity index (χ2v) is 4.98. The van der Waals surface area contributed by atoms with E-state index in [9.17, 15) is 4.79 Å². The summed E-state index contributed by atoms with van der Waals surface area (Å²) < 4.78 is 10.4. The molecule has 1 unspecified atom stereocenters. The first kappa shape index (κ1) is 15.9. The number of benzene rings is 1. The molecule has 0 fully saturated rings. The molecule has 1 amide bonds. The lowest BCUT2D eigenvalue weighted by Gasteiger charge is -2.17. The third kappa shape index (κ3) is 4.44. The average Bonchev–Trinajstić information content (AvgIpc) is 2.45. The molecule has 0 saturated carbocycles. The molecule has 0 aromatic heterocycles. The molecular weight excluding hydrogens is 262 g/mol. The third-order valence-electron chi connectivity index (χ3n) is 2.85. The molecule has 1 atom stereocenters. The number of nitrogens with one attached hydrogen (secondary N) is 1. The van der Waals surface area contributed by atoms with Crippen LogP contribution in [-0.2, 0) is 4.74 Å². The Labute approximate surface area is 118 Å². The predicted molar refractivity (Wildman–Crippen MR) is 78.2 cm³/mol. The fourth-order valence-corrected chi connectivity index (χ4v) is 2.14. The second kappa shape index (κ2) is 8.07. The van der Waals surface area contributed by atoms with E-state index in [4.69, 9.17) is 9.47 Å². The first-order valence-electron chi connectivity index (χ1n) is 6.18. The molecule has 0 bridgehead atoms. The van der Waals surface area contributed by atoms with Gasteiger partial charge in [0.25, 0.3) is 5.91 Å². The molecule has 0 aliphatic rings. The minimum absolute atomic E-state index is 0.0161. The number of ether oxygens (including phenoxy) is 2. The summed E-state index contributed by atoms with van der Waals surface area (Å²) in [5, 5.41) is 2.95. The normalized spacial score (nSPS) is 12.0. The van der Waals surface area contributed by atoms with Crippen LogP contribution in [0.15, 0.2) is 23.1 Å². The van der Waals surface area contributed by atoms with Crippen LogP contribution in [-0.4, -0.2) is 39.0 Å². The van der Waals surface area contributed by atoms with Crippen molar-refractivity contribution in [2.45, 2.75) is 24.3 Å². The topological polar surface area (TPSA) is 47.6 Å². The molecule has 1 N–H and O–H groups in total. The van der Waals surface area contributed by atoms with Crippen molar-refractivity contribution in [3.8, 4) is 5.75 Å². The van der Waals surface area contributed by atoms with Gasteiger partial charge in [-0.2, -0.15) is 0 Å². The van der Waals surface area contributed by atoms with Crippen molar-refractivity contribution < 1.29 is 14.3 Å². The van der Waals surface area contributed by atoms with Crippen LogP contribution in [0.2, 0.25) is 0 Å². The number of carbonyl (C=O) groups is 1. The number of methoxy groups -OCH3 is 2. The van der Waals surface area contributed by atoms with E-state index in [1.54, 1.807) is 32.0 Å². The summed E-state index contributed by atoms with van der Waals surface area (Å²) in [5.41, 5.74) is 0.551. The van der Waals surface area contributed by atoms with Gasteiger partial charge in [0.15, 0.2) is 0 Å². The largest absolute Gasteiger partial charge is 0.496 e. The van der Waals surface area contributed by atoms with Crippen LogP contribution in [0.3, 0.4) is 0 Å². The SMILES string of the molecule is CCC(COC)NC(=O)c1ccc(SC)cc1OC. The summed E-state index contributed by atoms with van der Waals surface area (Å²) in [6.07, 6.45) is 2.81. The molecule has 0 aliphatic heterocycles. The fourth-order valence-electron chi connectivity index (χ4n) is 1.71. The van der Waals surface area contributed by atoms with Gasteiger partial charge in [-0.1, -0.05) is 6.92 Å². The van der Waals surface area contributed by atoms with Crippen molar-refractivity contribution in [2.24, 2.45) is 0 Å². The van der Waals surface area contributed by atoms with Crippen molar-refractivity contribution in [3.05, 3.63) is 23.8 Å². The number of thioether (sulfide) groups is 1. The van der Waals surface area contributed by atoms with E-state index in [1.807, 2.05) is 25.3 Å². The van der Waals surface area contributed by atoms with Gasteiger partial charge in [0.05, 0.1) is 25.3 Å². The lowest BCUT2D eigenvalue weighted by molar-refractivity contribution is 0.0891. The van der Waals surface area contributed by atoms with E-state index in [0.29, 0.717) is 17.9 Å². The molecule has 1 aromatic carbocycles.